The quantitative estimate of drug-likeness (QED) is 0.743. The van der Waals surface area contributed by atoms with Crippen molar-refractivity contribution < 1.29 is 19.5 Å². The van der Waals surface area contributed by atoms with Crippen LogP contribution in [0.3, 0.4) is 0 Å². The molecule has 26 heavy (non-hydrogen) atoms. The fraction of sp³-hybridized carbons (Fsp3) is 0.316. The second-order valence-corrected chi connectivity index (χ2v) is 7.34. The molecule has 1 saturated carbocycles. The summed E-state index contributed by atoms with van der Waals surface area (Å²) in [7, 11) is 0. The number of carbonyl (C=O) groups is 3. The van der Waals surface area contributed by atoms with Crippen LogP contribution in [0.5, 0.6) is 0 Å². The molecule has 3 rings (SSSR count). The Morgan fingerprint density at radius 1 is 0.923 bits per heavy atom. The normalized spacial score (nSPS) is 19.5. The SMILES string of the molecule is O=C(Nc1cccc(NC(=O)C2CCC(C(=O)O)CC2)c1)c1cccs1. The van der Waals surface area contributed by atoms with Crippen LogP contribution >= 0.6 is 11.3 Å². The molecule has 2 amide bonds. The first kappa shape index (κ1) is 18.1. The van der Waals surface area contributed by atoms with Gasteiger partial charge in [0.15, 0.2) is 0 Å². The van der Waals surface area contributed by atoms with Gasteiger partial charge in [-0.2, -0.15) is 0 Å². The van der Waals surface area contributed by atoms with E-state index in [-0.39, 0.29) is 23.7 Å². The summed E-state index contributed by atoms with van der Waals surface area (Å²) in [5, 5.41) is 16.6. The smallest absolute Gasteiger partial charge is 0.306 e. The number of carboxylic acid groups (broad SMARTS) is 1. The first-order valence-electron chi connectivity index (χ1n) is 8.51. The summed E-state index contributed by atoms with van der Waals surface area (Å²) in [6.45, 7) is 0. The van der Waals surface area contributed by atoms with E-state index in [1.165, 1.54) is 11.3 Å². The zero-order valence-electron chi connectivity index (χ0n) is 14.1. The average molecular weight is 372 g/mol. The number of hydrogen-bond acceptors (Lipinski definition) is 4. The average Bonchev–Trinajstić information content (AvgIpc) is 3.17. The number of benzene rings is 1. The largest absolute Gasteiger partial charge is 0.481 e. The molecule has 0 radical (unpaired) electrons. The number of hydrogen-bond donors (Lipinski definition) is 3. The van der Waals surface area contributed by atoms with Crippen LogP contribution in [-0.4, -0.2) is 22.9 Å². The van der Waals surface area contributed by atoms with Crippen molar-refractivity contribution in [3.63, 3.8) is 0 Å². The van der Waals surface area contributed by atoms with Crippen LogP contribution < -0.4 is 10.6 Å². The first-order valence-corrected chi connectivity index (χ1v) is 9.39. The maximum absolute atomic E-state index is 12.4. The zero-order valence-corrected chi connectivity index (χ0v) is 14.9. The van der Waals surface area contributed by atoms with E-state index in [9.17, 15) is 14.4 Å². The summed E-state index contributed by atoms with van der Waals surface area (Å²) >= 11 is 1.36. The van der Waals surface area contributed by atoms with Crippen LogP contribution in [0.15, 0.2) is 41.8 Å². The Morgan fingerprint density at radius 2 is 1.58 bits per heavy atom. The van der Waals surface area contributed by atoms with Gasteiger partial charge < -0.3 is 15.7 Å². The minimum atomic E-state index is -0.780. The van der Waals surface area contributed by atoms with Crippen LogP contribution in [0.4, 0.5) is 11.4 Å². The molecule has 1 aliphatic rings. The summed E-state index contributed by atoms with van der Waals surface area (Å²) in [6.07, 6.45) is 2.23. The molecular weight excluding hydrogens is 352 g/mol. The molecule has 136 valence electrons. The van der Waals surface area contributed by atoms with E-state index in [0.717, 1.165) is 0 Å². The third-order valence-corrected chi connectivity index (χ3v) is 5.45. The zero-order chi connectivity index (χ0) is 18.5. The molecule has 0 bridgehead atoms. The van der Waals surface area contributed by atoms with Gasteiger partial charge in [-0.25, -0.2) is 0 Å². The van der Waals surface area contributed by atoms with Crippen molar-refractivity contribution in [2.24, 2.45) is 11.8 Å². The van der Waals surface area contributed by atoms with Gasteiger partial charge in [0.1, 0.15) is 0 Å². The lowest BCUT2D eigenvalue weighted by Gasteiger charge is -2.25. The number of aliphatic carboxylic acids is 1. The maximum Gasteiger partial charge on any atom is 0.306 e. The predicted molar refractivity (Wildman–Crippen MR) is 100 cm³/mol. The molecule has 1 heterocycles. The lowest BCUT2D eigenvalue weighted by atomic mass is 9.81. The first-order chi connectivity index (χ1) is 12.5. The summed E-state index contributed by atoms with van der Waals surface area (Å²) in [6, 6.07) is 10.6. The third-order valence-electron chi connectivity index (χ3n) is 4.58. The van der Waals surface area contributed by atoms with Crippen LogP contribution in [0.2, 0.25) is 0 Å². The highest BCUT2D eigenvalue weighted by atomic mass is 32.1. The molecule has 3 N–H and O–H groups in total. The maximum atomic E-state index is 12.4. The third kappa shape index (κ3) is 4.49. The highest BCUT2D eigenvalue weighted by Crippen LogP contribution is 2.30. The predicted octanol–water partition coefficient (Wildman–Crippen LogP) is 3.83. The van der Waals surface area contributed by atoms with Gasteiger partial charge in [0.05, 0.1) is 10.8 Å². The molecule has 1 aromatic carbocycles. The van der Waals surface area contributed by atoms with E-state index in [0.29, 0.717) is 41.9 Å². The molecular formula is C19H20N2O4S. The number of rotatable bonds is 5. The Hall–Kier alpha value is -2.67. The lowest BCUT2D eigenvalue weighted by Crippen LogP contribution is -2.29. The van der Waals surface area contributed by atoms with E-state index in [1.807, 2.05) is 11.4 Å². The second-order valence-electron chi connectivity index (χ2n) is 6.39. The summed E-state index contributed by atoms with van der Waals surface area (Å²) in [4.78, 5) is 36.1. The standard InChI is InChI=1S/C19H20N2O4S/c22-17(12-6-8-13(9-7-12)19(24)25)20-14-3-1-4-15(11-14)21-18(23)16-5-2-10-26-16/h1-5,10-13H,6-9H2,(H,20,22)(H,21,23)(H,24,25). The Labute approximate surface area is 155 Å². The van der Waals surface area contributed by atoms with Gasteiger partial charge >= 0.3 is 5.97 Å². The monoisotopic (exact) mass is 372 g/mol. The summed E-state index contributed by atoms with van der Waals surface area (Å²) in [5.74, 6) is -1.58. The van der Waals surface area contributed by atoms with E-state index in [4.69, 9.17) is 5.11 Å². The molecule has 2 aromatic rings. The Kier molecular flexibility index (Phi) is 5.68. The van der Waals surface area contributed by atoms with E-state index in [1.54, 1.807) is 30.3 Å². The summed E-state index contributed by atoms with van der Waals surface area (Å²) < 4.78 is 0. The van der Waals surface area contributed by atoms with Crippen molar-refractivity contribution in [1.82, 2.24) is 0 Å². The molecule has 0 unspecified atom stereocenters. The van der Waals surface area contributed by atoms with Crippen molar-refractivity contribution in [3.8, 4) is 0 Å². The minimum absolute atomic E-state index is 0.101. The molecule has 7 heteroatoms. The van der Waals surface area contributed by atoms with Crippen molar-refractivity contribution in [3.05, 3.63) is 46.7 Å². The molecule has 6 nitrogen and oxygen atoms in total. The lowest BCUT2D eigenvalue weighted by molar-refractivity contribution is -0.143. The number of carbonyl (C=O) groups excluding carboxylic acids is 2. The molecule has 1 aromatic heterocycles. The van der Waals surface area contributed by atoms with Gasteiger partial charge in [-0.05, 0) is 55.3 Å². The number of anilines is 2. The topological polar surface area (TPSA) is 95.5 Å². The van der Waals surface area contributed by atoms with E-state index < -0.39 is 5.97 Å². The number of thiophene rings is 1. The van der Waals surface area contributed by atoms with Crippen molar-refractivity contribution in [2.45, 2.75) is 25.7 Å². The Morgan fingerprint density at radius 3 is 2.19 bits per heavy atom. The Balaban J connectivity index is 1.57. The molecule has 0 saturated heterocycles. The fourth-order valence-electron chi connectivity index (χ4n) is 3.12. The van der Waals surface area contributed by atoms with Gasteiger partial charge in [0.2, 0.25) is 5.91 Å². The fourth-order valence-corrected chi connectivity index (χ4v) is 3.74. The Bertz CT molecular complexity index is 796. The number of nitrogens with one attached hydrogen (secondary N) is 2. The van der Waals surface area contributed by atoms with Crippen LogP contribution in [-0.2, 0) is 9.59 Å². The van der Waals surface area contributed by atoms with E-state index >= 15 is 0 Å². The second kappa shape index (κ2) is 8.14. The molecule has 0 aliphatic heterocycles. The number of carboxylic acids is 1. The molecule has 1 aliphatic carbocycles. The van der Waals surface area contributed by atoms with Crippen molar-refractivity contribution >= 4 is 40.5 Å². The summed E-state index contributed by atoms with van der Waals surface area (Å²) in [5.41, 5.74) is 1.22. The van der Waals surface area contributed by atoms with Gasteiger partial charge in [-0.3, -0.25) is 14.4 Å². The highest BCUT2D eigenvalue weighted by Gasteiger charge is 2.29. The van der Waals surface area contributed by atoms with Crippen LogP contribution in [0.1, 0.15) is 35.4 Å². The van der Waals surface area contributed by atoms with Gasteiger partial charge in [0.25, 0.3) is 5.91 Å². The molecule has 1 fully saturated rings. The van der Waals surface area contributed by atoms with E-state index in [2.05, 4.69) is 10.6 Å². The highest BCUT2D eigenvalue weighted by molar-refractivity contribution is 7.12. The molecule has 0 spiro atoms. The number of amides is 2. The van der Waals surface area contributed by atoms with Crippen molar-refractivity contribution in [1.29, 1.82) is 0 Å². The van der Waals surface area contributed by atoms with Crippen LogP contribution in [0.25, 0.3) is 0 Å². The van der Waals surface area contributed by atoms with Crippen molar-refractivity contribution in [2.75, 3.05) is 10.6 Å². The van der Waals surface area contributed by atoms with Crippen LogP contribution in [0, 0.1) is 11.8 Å². The minimum Gasteiger partial charge on any atom is -0.481 e. The van der Waals surface area contributed by atoms with Gasteiger partial charge in [-0.15, -0.1) is 11.3 Å². The molecule has 0 atom stereocenters. The van der Waals surface area contributed by atoms with Gasteiger partial charge in [-0.1, -0.05) is 12.1 Å². The van der Waals surface area contributed by atoms with Gasteiger partial charge in [0, 0.05) is 17.3 Å².